The topological polar surface area (TPSA) is 90.3 Å². The molecule has 7 heteroatoms. The van der Waals surface area contributed by atoms with E-state index in [0.29, 0.717) is 22.2 Å². The maximum atomic E-state index is 12.7. The standard InChI is InChI=1S/C20H19N3O4/c1-13-7-3-6-10-16(13)21-18(24)12-23-20(26)15-9-5-4-8-14(15)17(22-23)11-19(25)27-2/h3-10H,11-12H2,1-2H3,(H,21,24). The molecule has 1 aromatic heterocycles. The van der Waals surface area contributed by atoms with Crippen molar-refractivity contribution in [2.24, 2.45) is 0 Å². The van der Waals surface area contributed by atoms with Crippen LogP contribution in [0.25, 0.3) is 10.8 Å². The summed E-state index contributed by atoms with van der Waals surface area (Å²) in [6.07, 6.45) is -0.0866. The maximum absolute atomic E-state index is 12.7. The molecule has 2 aromatic carbocycles. The van der Waals surface area contributed by atoms with Crippen LogP contribution in [-0.2, 0) is 27.3 Å². The van der Waals surface area contributed by atoms with Crippen molar-refractivity contribution in [2.45, 2.75) is 19.9 Å². The minimum atomic E-state index is -0.470. The molecule has 0 saturated heterocycles. The third kappa shape index (κ3) is 4.03. The van der Waals surface area contributed by atoms with Gasteiger partial charge in [0.25, 0.3) is 5.56 Å². The molecular weight excluding hydrogens is 346 g/mol. The zero-order valence-electron chi connectivity index (χ0n) is 15.1. The largest absolute Gasteiger partial charge is 0.469 e. The number of anilines is 1. The molecule has 1 N–H and O–H groups in total. The Labute approximate surface area is 155 Å². The second kappa shape index (κ2) is 7.82. The monoisotopic (exact) mass is 365 g/mol. The zero-order chi connectivity index (χ0) is 19.4. The fourth-order valence-corrected chi connectivity index (χ4v) is 2.79. The van der Waals surface area contributed by atoms with Gasteiger partial charge in [-0.1, -0.05) is 36.4 Å². The Morgan fingerprint density at radius 3 is 2.44 bits per heavy atom. The van der Waals surface area contributed by atoms with Crippen LogP contribution in [0.5, 0.6) is 0 Å². The van der Waals surface area contributed by atoms with E-state index >= 15 is 0 Å². The van der Waals surface area contributed by atoms with Gasteiger partial charge in [0.1, 0.15) is 6.54 Å². The Kier molecular flexibility index (Phi) is 5.30. The lowest BCUT2D eigenvalue weighted by Gasteiger charge is -2.12. The SMILES string of the molecule is COC(=O)Cc1nn(CC(=O)Nc2ccccc2C)c(=O)c2ccccc12. The van der Waals surface area contributed by atoms with Crippen LogP contribution in [-0.4, -0.2) is 28.8 Å². The molecule has 0 fully saturated rings. The third-order valence-electron chi connectivity index (χ3n) is 4.20. The predicted molar refractivity (Wildman–Crippen MR) is 102 cm³/mol. The van der Waals surface area contributed by atoms with E-state index in [4.69, 9.17) is 4.74 Å². The molecule has 138 valence electrons. The predicted octanol–water partition coefficient (Wildman–Crippen LogP) is 2.06. The molecule has 0 unspecified atom stereocenters. The molecule has 0 atom stereocenters. The molecule has 0 spiro atoms. The average Bonchev–Trinajstić information content (AvgIpc) is 2.67. The highest BCUT2D eigenvalue weighted by Crippen LogP contribution is 2.15. The third-order valence-corrected chi connectivity index (χ3v) is 4.20. The number of fused-ring (bicyclic) bond motifs is 1. The van der Waals surface area contributed by atoms with Crippen LogP contribution < -0.4 is 10.9 Å². The number of rotatable bonds is 5. The van der Waals surface area contributed by atoms with E-state index in [9.17, 15) is 14.4 Å². The molecule has 0 bridgehead atoms. The van der Waals surface area contributed by atoms with E-state index in [2.05, 4.69) is 10.4 Å². The van der Waals surface area contributed by atoms with Crippen LogP contribution >= 0.6 is 0 Å². The minimum absolute atomic E-state index is 0.0866. The number of nitrogens with one attached hydrogen (secondary N) is 1. The lowest BCUT2D eigenvalue weighted by Crippen LogP contribution is -2.31. The summed E-state index contributed by atoms with van der Waals surface area (Å²) in [6, 6.07) is 14.2. The van der Waals surface area contributed by atoms with Crippen LogP contribution in [0.15, 0.2) is 53.3 Å². The van der Waals surface area contributed by atoms with Crippen molar-refractivity contribution in [1.82, 2.24) is 9.78 Å². The summed E-state index contributed by atoms with van der Waals surface area (Å²) in [4.78, 5) is 36.8. The molecule has 7 nitrogen and oxygen atoms in total. The summed E-state index contributed by atoms with van der Waals surface area (Å²) in [6.45, 7) is 1.62. The van der Waals surface area contributed by atoms with Crippen LogP contribution in [0.4, 0.5) is 5.69 Å². The van der Waals surface area contributed by atoms with E-state index in [1.54, 1.807) is 30.3 Å². The molecule has 3 aromatic rings. The summed E-state index contributed by atoms with van der Waals surface area (Å²) < 4.78 is 5.78. The fourth-order valence-electron chi connectivity index (χ4n) is 2.79. The van der Waals surface area contributed by atoms with Crippen LogP contribution in [0.2, 0.25) is 0 Å². The quantitative estimate of drug-likeness (QED) is 0.699. The molecule has 27 heavy (non-hydrogen) atoms. The van der Waals surface area contributed by atoms with E-state index in [1.165, 1.54) is 7.11 Å². The normalized spacial score (nSPS) is 10.6. The zero-order valence-corrected chi connectivity index (χ0v) is 15.1. The molecule has 1 amide bonds. The molecule has 0 aliphatic carbocycles. The first-order valence-electron chi connectivity index (χ1n) is 8.40. The van der Waals surface area contributed by atoms with Gasteiger partial charge < -0.3 is 10.1 Å². The summed E-state index contributed by atoms with van der Waals surface area (Å²) in [7, 11) is 1.29. The number of amides is 1. The van der Waals surface area contributed by atoms with Crippen molar-refractivity contribution >= 4 is 28.3 Å². The number of hydrogen-bond acceptors (Lipinski definition) is 5. The van der Waals surface area contributed by atoms with Gasteiger partial charge in [-0.15, -0.1) is 0 Å². The first-order chi connectivity index (χ1) is 13.0. The Morgan fingerprint density at radius 1 is 1.07 bits per heavy atom. The smallest absolute Gasteiger partial charge is 0.311 e. The first kappa shape index (κ1) is 18.3. The van der Waals surface area contributed by atoms with Crippen molar-refractivity contribution in [3.05, 3.63) is 70.1 Å². The highest BCUT2D eigenvalue weighted by atomic mass is 16.5. The first-order valence-corrected chi connectivity index (χ1v) is 8.40. The molecule has 0 aliphatic rings. The van der Waals surface area contributed by atoms with Gasteiger partial charge in [0.15, 0.2) is 0 Å². The number of aromatic nitrogens is 2. The number of nitrogens with zero attached hydrogens (tertiary/aromatic N) is 2. The van der Waals surface area contributed by atoms with Gasteiger partial charge in [-0.25, -0.2) is 4.68 Å². The second-order valence-corrected chi connectivity index (χ2v) is 6.07. The Balaban J connectivity index is 1.95. The number of hydrogen-bond donors (Lipinski definition) is 1. The Hall–Kier alpha value is -3.48. The van der Waals surface area contributed by atoms with Gasteiger partial charge in [-0.3, -0.25) is 14.4 Å². The van der Waals surface area contributed by atoms with Crippen molar-refractivity contribution in [2.75, 3.05) is 12.4 Å². The van der Waals surface area contributed by atoms with Gasteiger partial charge in [0.2, 0.25) is 5.91 Å². The van der Waals surface area contributed by atoms with Gasteiger partial charge in [0, 0.05) is 11.1 Å². The lowest BCUT2D eigenvalue weighted by atomic mass is 10.1. The average molecular weight is 365 g/mol. The van der Waals surface area contributed by atoms with Gasteiger partial charge in [-0.2, -0.15) is 5.10 Å². The Morgan fingerprint density at radius 2 is 1.74 bits per heavy atom. The number of carbonyl (C=O) groups excluding carboxylic acids is 2. The van der Waals surface area contributed by atoms with Gasteiger partial charge in [-0.05, 0) is 24.6 Å². The number of para-hydroxylation sites is 1. The number of benzene rings is 2. The van der Waals surface area contributed by atoms with Crippen LogP contribution in [0.1, 0.15) is 11.3 Å². The number of methoxy groups -OCH3 is 1. The maximum Gasteiger partial charge on any atom is 0.311 e. The molecule has 1 heterocycles. The highest BCUT2D eigenvalue weighted by molar-refractivity contribution is 5.92. The lowest BCUT2D eigenvalue weighted by molar-refractivity contribution is -0.139. The van der Waals surface area contributed by atoms with Gasteiger partial charge in [0.05, 0.1) is 24.6 Å². The number of ether oxygens (including phenoxy) is 1. The van der Waals surface area contributed by atoms with Crippen molar-refractivity contribution in [1.29, 1.82) is 0 Å². The van der Waals surface area contributed by atoms with Crippen molar-refractivity contribution < 1.29 is 14.3 Å². The number of carbonyl (C=O) groups is 2. The molecule has 3 rings (SSSR count). The molecule has 0 radical (unpaired) electrons. The molecule has 0 saturated carbocycles. The van der Waals surface area contributed by atoms with Crippen LogP contribution in [0.3, 0.4) is 0 Å². The van der Waals surface area contributed by atoms with Crippen molar-refractivity contribution in [3.8, 4) is 0 Å². The van der Waals surface area contributed by atoms with Crippen LogP contribution in [0, 0.1) is 6.92 Å². The summed E-state index contributed by atoms with van der Waals surface area (Å²) in [5.41, 5.74) is 1.59. The highest BCUT2D eigenvalue weighted by Gasteiger charge is 2.15. The second-order valence-electron chi connectivity index (χ2n) is 6.07. The Bertz CT molecular complexity index is 1070. The van der Waals surface area contributed by atoms with E-state index in [-0.39, 0.29) is 24.4 Å². The fraction of sp³-hybridized carbons (Fsp3) is 0.200. The number of aryl methyl sites for hydroxylation is 1. The van der Waals surface area contributed by atoms with E-state index in [1.807, 2.05) is 25.1 Å². The summed E-state index contributed by atoms with van der Waals surface area (Å²) >= 11 is 0. The summed E-state index contributed by atoms with van der Waals surface area (Å²) in [5.74, 6) is -0.847. The van der Waals surface area contributed by atoms with E-state index < -0.39 is 5.97 Å². The summed E-state index contributed by atoms with van der Waals surface area (Å²) in [5, 5.41) is 7.98. The van der Waals surface area contributed by atoms with E-state index in [0.717, 1.165) is 10.2 Å². The minimum Gasteiger partial charge on any atom is -0.469 e. The molecule has 0 aliphatic heterocycles. The molecular formula is C20H19N3O4. The number of esters is 1. The van der Waals surface area contributed by atoms with Gasteiger partial charge >= 0.3 is 5.97 Å². The van der Waals surface area contributed by atoms with Crippen molar-refractivity contribution in [3.63, 3.8) is 0 Å².